The van der Waals surface area contributed by atoms with Crippen LogP contribution in [0.1, 0.15) is 66.0 Å². The van der Waals surface area contributed by atoms with E-state index in [9.17, 15) is 9.59 Å². The summed E-state index contributed by atoms with van der Waals surface area (Å²) in [5.41, 5.74) is 3.03. The van der Waals surface area contributed by atoms with Crippen LogP contribution in [0.25, 0.3) is 0 Å². The molecule has 0 N–H and O–H groups in total. The Balaban J connectivity index is 1.51. The molecule has 6 heteroatoms. The van der Waals surface area contributed by atoms with E-state index in [-0.39, 0.29) is 30.3 Å². The van der Waals surface area contributed by atoms with Gasteiger partial charge >= 0.3 is 0 Å². The average molecular weight is 505 g/mol. The summed E-state index contributed by atoms with van der Waals surface area (Å²) in [5.74, 6) is 1.37. The maximum atomic E-state index is 13.7. The molecule has 0 saturated heterocycles. The van der Waals surface area contributed by atoms with E-state index in [4.69, 9.17) is 4.74 Å². The summed E-state index contributed by atoms with van der Waals surface area (Å²) in [6.45, 7) is 10.1. The van der Waals surface area contributed by atoms with E-state index >= 15 is 0 Å². The maximum Gasteiger partial charge on any atom is 0.254 e. The van der Waals surface area contributed by atoms with Gasteiger partial charge in [0.05, 0.1) is 6.04 Å². The maximum absolute atomic E-state index is 13.7. The summed E-state index contributed by atoms with van der Waals surface area (Å²) in [7, 11) is 0. The molecule has 0 spiro atoms. The number of rotatable bonds is 9. The third-order valence-corrected chi connectivity index (χ3v) is 7.59. The van der Waals surface area contributed by atoms with E-state index < -0.39 is 0 Å². The Labute approximate surface area is 218 Å². The lowest BCUT2D eigenvalue weighted by Crippen LogP contribution is -2.48. The molecule has 2 aromatic carbocycles. The Bertz CT molecular complexity index is 1150. The molecule has 2 amide bonds. The first kappa shape index (κ1) is 26.0. The molecule has 1 aliphatic heterocycles. The number of amides is 2. The highest BCUT2D eigenvalue weighted by molar-refractivity contribution is 7.10. The highest BCUT2D eigenvalue weighted by Gasteiger charge is 2.33. The molecular formula is C30H36N2O3S. The van der Waals surface area contributed by atoms with Crippen molar-refractivity contribution >= 4 is 23.2 Å². The van der Waals surface area contributed by atoms with Crippen molar-refractivity contribution in [2.45, 2.75) is 46.1 Å². The summed E-state index contributed by atoms with van der Waals surface area (Å²) in [5, 5.41) is 2.09. The number of carbonyl (C=O) groups is 2. The van der Waals surface area contributed by atoms with Gasteiger partial charge in [-0.2, -0.15) is 0 Å². The van der Waals surface area contributed by atoms with Gasteiger partial charge in [-0.3, -0.25) is 9.59 Å². The first-order valence-corrected chi connectivity index (χ1v) is 13.6. The third kappa shape index (κ3) is 6.16. The van der Waals surface area contributed by atoms with Gasteiger partial charge in [0.25, 0.3) is 5.91 Å². The number of benzene rings is 2. The van der Waals surface area contributed by atoms with Crippen LogP contribution in [0.4, 0.5) is 0 Å². The van der Waals surface area contributed by atoms with Crippen LogP contribution in [0, 0.1) is 5.92 Å². The van der Waals surface area contributed by atoms with Gasteiger partial charge in [0, 0.05) is 23.5 Å². The van der Waals surface area contributed by atoms with Gasteiger partial charge in [-0.25, -0.2) is 0 Å². The zero-order chi connectivity index (χ0) is 25.7. The molecular weight excluding hydrogens is 468 g/mol. The fourth-order valence-electron chi connectivity index (χ4n) is 4.68. The van der Waals surface area contributed by atoms with Crippen LogP contribution in [-0.2, 0) is 11.2 Å². The molecule has 1 aliphatic rings. The molecule has 3 aromatic rings. The lowest BCUT2D eigenvalue weighted by molar-refractivity contribution is -0.135. The fourth-order valence-corrected chi connectivity index (χ4v) is 5.60. The van der Waals surface area contributed by atoms with Crippen molar-refractivity contribution in [2.24, 2.45) is 5.92 Å². The Morgan fingerprint density at radius 3 is 2.42 bits per heavy atom. The monoisotopic (exact) mass is 504 g/mol. The van der Waals surface area contributed by atoms with Gasteiger partial charge in [-0.1, -0.05) is 58.0 Å². The van der Waals surface area contributed by atoms with E-state index in [0.717, 1.165) is 17.7 Å². The molecule has 36 heavy (non-hydrogen) atoms. The van der Waals surface area contributed by atoms with Crippen molar-refractivity contribution in [3.05, 3.63) is 87.6 Å². The summed E-state index contributed by atoms with van der Waals surface area (Å²) in [4.78, 5) is 31.8. The minimum absolute atomic E-state index is 0.0412. The first-order valence-electron chi connectivity index (χ1n) is 12.8. The molecule has 1 aromatic heterocycles. The smallest absolute Gasteiger partial charge is 0.254 e. The minimum Gasteiger partial charge on any atom is -0.491 e. The Morgan fingerprint density at radius 2 is 1.75 bits per heavy atom. The molecule has 0 radical (unpaired) electrons. The van der Waals surface area contributed by atoms with Crippen LogP contribution in [0.5, 0.6) is 5.75 Å². The van der Waals surface area contributed by atoms with Gasteiger partial charge < -0.3 is 14.5 Å². The summed E-state index contributed by atoms with van der Waals surface area (Å²) >= 11 is 1.74. The zero-order valence-corrected chi connectivity index (χ0v) is 22.5. The number of fused-ring (bicyclic) bond motifs is 1. The van der Waals surface area contributed by atoms with Crippen molar-refractivity contribution in [1.82, 2.24) is 9.80 Å². The third-order valence-electron chi connectivity index (χ3n) is 6.59. The van der Waals surface area contributed by atoms with Crippen LogP contribution in [0.15, 0.2) is 66.0 Å². The number of nitrogens with zero attached hydrogens (tertiary/aromatic N) is 2. The molecule has 2 heterocycles. The van der Waals surface area contributed by atoms with Gasteiger partial charge in [0.2, 0.25) is 5.91 Å². The zero-order valence-electron chi connectivity index (χ0n) is 21.6. The van der Waals surface area contributed by atoms with E-state index in [1.54, 1.807) is 28.4 Å². The quantitative estimate of drug-likeness (QED) is 0.350. The summed E-state index contributed by atoms with van der Waals surface area (Å²) < 4.78 is 6.20. The van der Waals surface area contributed by atoms with Gasteiger partial charge in [0.1, 0.15) is 18.9 Å². The molecule has 0 saturated carbocycles. The predicted octanol–water partition coefficient (Wildman–Crippen LogP) is 6.17. The van der Waals surface area contributed by atoms with E-state index in [0.29, 0.717) is 31.2 Å². The molecule has 5 nitrogen and oxygen atoms in total. The Morgan fingerprint density at radius 1 is 1.03 bits per heavy atom. The van der Waals surface area contributed by atoms with Crippen molar-refractivity contribution in [3.8, 4) is 5.75 Å². The summed E-state index contributed by atoms with van der Waals surface area (Å²) in [6, 6.07) is 19.3. The van der Waals surface area contributed by atoms with Crippen molar-refractivity contribution in [2.75, 3.05) is 26.2 Å². The Hall–Kier alpha value is -3.12. The van der Waals surface area contributed by atoms with E-state index in [1.165, 1.54) is 10.4 Å². The summed E-state index contributed by atoms with van der Waals surface area (Å²) in [6.07, 6.45) is 0.829. The van der Waals surface area contributed by atoms with Crippen molar-refractivity contribution in [3.63, 3.8) is 0 Å². The van der Waals surface area contributed by atoms with Crippen LogP contribution in [-0.4, -0.2) is 47.9 Å². The molecule has 0 bridgehead atoms. The number of thiophene rings is 1. The molecule has 0 fully saturated rings. The number of hydrogen-bond acceptors (Lipinski definition) is 4. The second-order valence-electron chi connectivity index (χ2n) is 10.1. The molecule has 1 atom stereocenters. The van der Waals surface area contributed by atoms with Crippen LogP contribution in [0.3, 0.4) is 0 Å². The van der Waals surface area contributed by atoms with E-state index in [2.05, 4.69) is 51.3 Å². The topological polar surface area (TPSA) is 49.9 Å². The molecule has 190 valence electrons. The van der Waals surface area contributed by atoms with Gasteiger partial charge in [-0.05, 0) is 65.1 Å². The predicted molar refractivity (Wildman–Crippen MR) is 146 cm³/mol. The second-order valence-corrected chi connectivity index (χ2v) is 11.1. The largest absolute Gasteiger partial charge is 0.491 e. The van der Waals surface area contributed by atoms with Crippen LogP contribution < -0.4 is 4.74 Å². The minimum atomic E-state index is -0.176. The first-order chi connectivity index (χ1) is 17.3. The van der Waals surface area contributed by atoms with Gasteiger partial charge in [0.15, 0.2) is 0 Å². The number of carbonyl (C=O) groups excluding carboxylic acids is 2. The number of hydrogen-bond donors (Lipinski definition) is 0. The van der Waals surface area contributed by atoms with Crippen molar-refractivity contribution < 1.29 is 14.3 Å². The number of ether oxygens (including phenoxy) is 1. The SMILES string of the molecule is CC(C)CN(CC(=O)N1CCc2sccc2[C@@H]1COc1ccc(C(C)C)cc1)C(=O)c1ccccc1. The van der Waals surface area contributed by atoms with Gasteiger partial charge in [-0.15, -0.1) is 11.3 Å². The molecule has 4 rings (SSSR count). The fraction of sp³-hybridized carbons (Fsp3) is 0.400. The molecule has 0 unspecified atom stereocenters. The Kier molecular flexibility index (Phi) is 8.47. The normalized spacial score (nSPS) is 15.2. The highest BCUT2D eigenvalue weighted by atomic mass is 32.1. The standard InChI is InChI=1S/C30H36N2O3S/c1-21(2)18-31(30(34)24-8-6-5-7-9-24)19-29(33)32-16-14-28-26(15-17-36-28)27(32)20-35-25-12-10-23(11-13-25)22(3)4/h5-13,15,17,21-22,27H,14,16,18-20H2,1-4H3/t27-/m0/s1. The average Bonchev–Trinajstić information content (AvgIpc) is 3.36. The lowest BCUT2D eigenvalue weighted by Gasteiger charge is -2.37. The van der Waals surface area contributed by atoms with Crippen LogP contribution >= 0.6 is 11.3 Å². The van der Waals surface area contributed by atoms with E-state index in [1.807, 2.05) is 35.2 Å². The second kappa shape index (κ2) is 11.7. The lowest BCUT2D eigenvalue weighted by atomic mass is 10.00. The van der Waals surface area contributed by atoms with Crippen molar-refractivity contribution in [1.29, 1.82) is 0 Å². The highest BCUT2D eigenvalue weighted by Crippen LogP contribution is 2.34. The molecule has 0 aliphatic carbocycles. The van der Waals surface area contributed by atoms with Crippen LogP contribution in [0.2, 0.25) is 0 Å².